The SMILES string of the molecule is Cc1ccc(N(CC(=O)N/N=C\c2ccccc2[N+](=O)[O-])S(C)(=O)=O)cc1C. The molecule has 0 spiro atoms. The first-order valence-electron chi connectivity index (χ1n) is 8.20. The van der Waals surface area contributed by atoms with Crippen LogP contribution in [0.25, 0.3) is 0 Å². The number of amides is 1. The number of hydrogen-bond acceptors (Lipinski definition) is 6. The molecule has 2 aromatic rings. The van der Waals surface area contributed by atoms with Crippen molar-refractivity contribution in [3.8, 4) is 0 Å². The molecule has 0 saturated heterocycles. The molecule has 0 bridgehead atoms. The number of hydrogen-bond donors (Lipinski definition) is 1. The van der Waals surface area contributed by atoms with Crippen LogP contribution in [0, 0.1) is 24.0 Å². The first-order valence-corrected chi connectivity index (χ1v) is 10.0. The number of para-hydroxylation sites is 1. The number of benzene rings is 2. The van der Waals surface area contributed by atoms with E-state index in [1.54, 1.807) is 24.3 Å². The molecular formula is C18H20N4O5S. The van der Waals surface area contributed by atoms with Crippen LogP contribution in [0.4, 0.5) is 11.4 Å². The molecule has 148 valence electrons. The average Bonchev–Trinajstić information content (AvgIpc) is 2.61. The summed E-state index contributed by atoms with van der Waals surface area (Å²) in [5, 5.41) is 14.7. The summed E-state index contributed by atoms with van der Waals surface area (Å²) in [5.41, 5.74) is 4.50. The summed E-state index contributed by atoms with van der Waals surface area (Å²) in [7, 11) is -3.71. The zero-order valence-corrected chi connectivity index (χ0v) is 16.4. The standard InChI is InChI=1S/C18H20N4O5S/c1-13-8-9-16(10-14(13)2)21(28(3,26)27)12-18(23)20-19-11-15-6-4-5-7-17(15)22(24)25/h4-11H,12H2,1-3H3,(H,20,23)/b19-11-. The smallest absolute Gasteiger partial charge is 0.271 e. The molecule has 0 aliphatic heterocycles. The highest BCUT2D eigenvalue weighted by molar-refractivity contribution is 7.92. The third-order valence-electron chi connectivity index (χ3n) is 3.99. The van der Waals surface area contributed by atoms with Crippen LogP contribution >= 0.6 is 0 Å². The summed E-state index contributed by atoms with van der Waals surface area (Å²) in [6, 6.07) is 11.0. The van der Waals surface area contributed by atoms with E-state index in [0.29, 0.717) is 5.69 Å². The fraction of sp³-hybridized carbons (Fsp3) is 0.222. The van der Waals surface area contributed by atoms with Gasteiger partial charge in [-0.15, -0.1) is 0 Å². The Morgan fingerprint density at radius 2 is 1.89 bits per heavy atom. The molecule has 2 aromatic carbocycles. The fourth-order valence-corrected chi connectivity index (χ4v) is 3.23. The third kappa shape index (κ3) is 5.36. The lowest BCUT2D eigenvalue weighted by Gasteiger charge is -2.22. The second kappa shape index (κ2) is 8.61. The Bertz CT molecular complexity index is 1030. The number of carbonyl (C=O) groups excluding carboxylic acids is 1. The normalized spacial score (nSPS) is 11.4. The van der Waals surface area contributed by atoms with Crippen LogP contribution in [-0.4, -0.2) is 38.3 Å². The number of sulfonamides is 1. The second-order valence-corrected chi connectivity index (χ2v) is 8.05. The molecule has 0 saturated carbocycles. The van der Waals surface area contributed by atoms with Gasteiger partial charge < -0.3 is 0 Å². The summed E-state index contributed by atoms with van der Waals surface area (Å²) in [4.78, 5) is 22.6. The van der Waals surface area contributed by atoms with Crippen molar-refractivity contribution in [3.63, 3.8) is 0 Å². The zero-order chi connectivity index (χ0) is 20.9. The van der Waals surface area contributed by atoms with Crippen LogP contribution in [0.3, 0.4) is 0 Å². The Morgan fingerprint density at radius 3 is 2.50 bits per heavy atom. The number of aryl methyl sites for hydroxylation is 2. The summed E-state index contributed by atoms with van der Waals surface area (Å²) in [6.07, 6.45) is 2.14. The van der Waals surface area contributed by atoms with Gasteiger partial charge in [0.15, 0.2) is 0 Å². The molecule has 2 rings (SSSR count). The van der Waals surface area contributed by atoms with Gasteiger partial charge in [0.25, 0.3) is 11.6 Å². The predicted octanol–water partition coefficient (Wildman–Crippen LogP) is 2.13. The van der Waals surface area contributed by atoms with Crippen molar-refractivity contribution in [1.82, 2.24) is 5.43 Å². The van der Waals surface area contributed by atoms with Crippen molar-refractivity contribution in [2.24, 2.45) is 5.10 Å². The summed E-state index contributed by atoms with van der Waals surface area (Å²) >= 11 is 0. The lowest BCUT2D eigenvalue weighted by atomic mass is 10.1. The molecular weight excluding hydrogens is 384 g/mol. The van der Waals surface area contributed by atoms with Crippen molar-refractivity contribution in [3.05, 3.63) is 69.3 Å². The van der Waals surface area contributed by atoms with Crippen molar-refractivity contribution in [2.45, 2.75) is 13.8 Å². The summed E-state index contributed by atoms with van der Waals surface area (Å²) in [5.74, 6) is -0.682. The van der Waals surface area contributed by atoms with Gasteiger partial charge in [-0.3, -0.25) is 19.2 Å². The molecule has 9 nitrogen and oxygen atoms in total. The van der Waals surface area contributed by atoms with Crippen LogP contribution in [0.15, 0.2) is 47.6 Å². The first kappa shape index (κ1) is 21.0. The maximum Gasteiger partial charge on any atom is 0.278 e. The van der Waals surface area contributed by atoms with Gasteiger partial charge in [0, 0.05) is 6.07 Å². The number of rotatable bonds is 7. The lowest BCUT2D eigenvalue weighted by molar-refractivity contribution is -0.385. The maximum absolute atomic E-state index is 12.2. The molecule has 1 amide bonds. The van der Waals surface area contributed by atoms with Crippen molar-refractivity contribution in [2.75, 3.05) is 17.1 Å². The molecule has 0 aliphatic rings. The second-order valence-electron chi connectivity index (χ2n) is 6.15. The Kier molecular flexibility index (Phi) is 6.47. The van der Waals surface area contributed by atoms with E-state index in [4.69, 9.17) is 0 Å². The zero-order valence-electron chi connectivity index (χ0n) is 15.6. The number of nitrogens with zero attached hydrogens (tertiary/aromatic N) is 3. The van der Waals surface area contributed by atoms with E-state index in [9.17, 15) is 23.3 Å². The van der Waals surface area contributed by atoms with Crippen molar-refractivity contribution < 1.29 is 18.1 Å². The molecule has 28 heavy (non-hydrogen) atoms. The van der Waals surface area contributed by atoms with Crippen LogP contribution in [-0.2, 0) is 14.8 Å². The number of carbonyl (C=O) groups is 1. The van der Waals surface area contributed by atoms with Gasteiger partial charge in [-0.25, -0.2) is 13.8 Å². The minimum atomic E-state index is -3.71. The van der Waals surface area contributed by atoms with Crippen LogP contribution in [0.1, 0.15) is 16.7 Å². The van der Waals surface area contributed by atoms with Gasteiger partial charge in [-0.2, -0.15) is 5.10 Å². The lowest BCUT2D eigenvalue weighted by Crippen LogP contribution is -2.39. The average molecular weight is 404 g/mol. The van der Waals surface area contributed by atoms with E-state index in [2.05, 4.69) is 10.5 Å². The van der Waals surface area contributed by atoms with E-state index in [1.165, 1.54) is 18.2 Å². The Hall–Kier alpha value is -3.27. The number of nitro groups is 1. The highest BCUT2D eigenvalue weighted by Crippen LogP contribution is 2.21. The number of anilines is 1. The Morgan fingerprint density at radius 1 is 1.21 bits per heavy atom. The van der Waals surface area contributed by atoms with Gasteiger partial charge in [0.1, 0.15) is 6.54 Å². The quantitative estimate of drug-likeness (QED) is 0.430. The minimum absolute atomic E-state index is 0.159. The molecule has 1 N–H and O–H groups in total. The molecule has 0 atom stereocenters. The van der Waals surface area contributed by atoms with Gasteiger partial charge in [-0.1, -0.05) is 18.2 Å². The molecule has 0 fully saturated rings. The topological polar surface area (TPSA) is 122 Å². The predicted molar refractivity (Wildman–Crippen MR) is 107 cm³/mol. The van der Waals surface area contributed by atoms with Crippen LogP contribution in [0.5, 0.6) is 0 Å². The van der Waals surface area contributed by atoms with E-state index in [1.807, 2.05) is 13.8 Å². The summed E-state index contributed by atoms with van der Waals surface area (Å²) < 4.78 is 25.2. The van der Waals surface area contributed by atoms with Gasteiger partial charge in [0.05, 0.1) is 28.6 Å². The van der Waals surface area contributed by atoms with Gasteiger partial charge in [-0.05, 0) is 43.2 Å². The molecule has 0 aromatic heterocycles. The number of nitro benzene ring substituents is 1. The highest BCUT2D eigenvalue weighted by Gasteiger charge is 2.21. The summed E-state index contributed by atoms with van der Waals surface area (Å²) in [6.45, 7) is 3.26. The Labute approximate surface area is 162 Å². The van der Waals surface area contributed by atoms with E-state index in [-0.39, 0.29) is 11.3 Å². The molecule has 10 heteroatoms. The van der Waals surface area contributed by atoms with Crippen LogP contribution in [0.2, 0.25) is 0 Å². The minimum Gasteiger partial charge on any atom is -0.271 e. The molecule has 0 heterocycles. The monoisotopic (exact) mass is 404 g/mol. The maximum atomic E-state index is 12.2. The van der Waals surface area contributed by atoms with E-state index >= 15 is 0 Å². The third-order valence-corrected chi connectivity index (χ3v) is 5.13. The van der Waals surface area contributed by atoms with Gasteiger partial charge >= 0.3 is 0 Å². The molecule has 0 unspecified atom stereocenters. The highest BCUT2D eigenvalue weighted by atomic mass is 32.2. The van der Waals surface area contributed by atoms with Gasteiger partial charge in [0.2, 0.25) is 10.0 Å². The van der Waals surface area contributed by atoms with E-state index in [0.717, 1.165) is 27.9 Å². The first-order chi connectivity index (χ1) is 13.1. The van der Waals surface area contributed by atoms with Crippen LogP contribution < -0.4 is 9.73 Å². The number of nitrogens with one attached hydrogen (secondary N) is 1. The van der Waals surface area contributed by atoms with Crippen molar-refractivity contribution >= 4 is 33.5 Å². The fourth-order valence-electron chi connectivity index (χ4n) is 2.38. The largest absolute Gasteiger partial charge is 0.278 e. The molecule has 0 radical (unpaired) electrons. The Balaban J connectivity index is 2.15. The van der Waals surface area contributed by atoms with Crippen molar-refractivity contribution in [1.29, 1.82) is 0 Å². The number of hydrazone groups is 1. The molecule has 0 aliphatic carbocycles. The van der Waals surface area contributed by atoms with E-state index < -0.39 is 27.4 Å².